The minimum absolute atomic E-state index is 0. The largest absolute Gasteiger partial charge is 3.00 e. The number of aromatic amines is 4. The molecule has 6 rings (SSSR count). The Kier molecular flexibility index (Phi) is 15.4. The summed E-state index contributed by atoms with van der Waals surface area (Å²) in [4.78, 5) is 12.4. The van der Waals surface area contributed by atoms with Crippen molar-refractivity contribution in [1.82, 2.24) is 0 Å². The van der Waals surface area contributed by atoms with E-state index >= 15 is 0 Å². The summed E-state index contributed by atoms with van der Waals surface area (Å²) in [5.41, 5.74) is 6.87. The molecule has 0 radical (unpaired) electrons. The molecule has 0 atom stereocenters. The van der Waals surface area contributed by atoms with E-state index in [1.165, 1.54) is 11.1 Å². The second-order valence-electron chi connectivity index (χ2n) is 14.1. The molecule has 4 aromatic heterocycles. The van der Waals surface area contributed by atoms with Crippen LogP contribution >= 0.6 is 7.81 Å². The molecule has 4 N–H and O–H groups in total. The number of H-pyrrole nitrogens is 4. The molecule has 4 nitrogen and oxygen atoms in total. The molecule has 0 fully saturated rings. The number of hydrogen-bond donors (Lipinski definition) is 0. The summed E-state index contributed by atoms with van der Waals surface area (Å²) < 4.78 is 111. The van der Waals surface area contributed by atoms with Crippen molar-refractivity contribution in [2.75, 3.05) is 0 Å². The van der Waals surface area contributed by atoms with Crippen LogP contribution in [0.5, 0.6) is 0 Å². The Morgan fingerprint density at radius 3 is 1.05 bits per heavy atom. The quantitative estimate of drug-likeness (QED) is 0.0964. The molecule has 0 aliphatic heterocycles. The second kappa shape index (κ2) is 18.1. The van der Waals surface area contributed by atoms with Crippen molar-refractivity contribution >= 4 is 7.81 Å². The van der Waals surface area contributed by atoms with Crippen LogP contribution in [0.15, 0.2) is 110 Å². The van der Waals surface area contributed by atoms with Gasteiger partial charge in [0, 0.05) is 59.7 Å². The summed E-state index contributed by atoms with van der Waals surface area (Å²) in [6.45, 7) is 13.4. The van der Waals surface area contributed by atoms with Gasteiger partial charge in [-0.1, -0.05) is 65.8 Å². The van der Waals surface area contributed by atoms with Crippen LogP contribution in [0.2, 0.25) is 0 Å². The van der Waals surface area contributed by atoms with Gasteiger partial charge in [0.15, 0.2) is 24.8 Å². The summed E-state index contributed by atoms with van der Waals surface area (Å²) in [6.07, 6.45) is 7.39. The van der Waals surface area contributed by atoms with E-state index < -0.39 is 31.1 Å². The number of aromatic nitrogens is 4. The van der Waals surface area contributed by atoms with Crippen molar-refractivity contribution in [2.24, 2.45) is 0 Å². The van der Waals surface area contributed by atoms with E-state index in [-0.39, 0.29) is 42.1 Å². The zero-order chi connectivity index (χ0) is 41.3. The van der Waals surface area contributed by atoms with Gasteiger partial charge in [-0.25, -0.2) is 9.97 Å². The number of benzene rings is 2. The molecule has 2 aromatic carbocycles. The van der Waals surface area contributed by atoms with Gasteiger partial charge in [-0.3, -0.25) is 27.5 Å². The van der Waals surface area contributed by atoms with Crippen LogP contribution in [0.4, 0.5) is 42.7 Å². The first-order valence-corrected chi connectivity index (χ1v) is 18.5. The third-order valence-corrected chi connectivity index (χ3v) is 7.30. The van der Waals surface area contributed by atoms with Gasteiger partial charge in [-0.05, 0) is 45.2 Å². The summed E-state index contributed by atoms with van der Waals surface area (Å²) in [7, 11) is -10.7. The molecule has 0 aliphatic rings. The molecule has 56 heavy (non-hydrogen) atoms. The Labute approximate surface area is 332 Å². The Balaban J connectivity index is 0.000000270. The Bertz CT molecular complexity index is 2030. The molecular weight excluding hydrogens is 950 g/mol. The minimum atomic E-state index is -10.7. The average Bonchev–Trinajstić information content (AvgIpc) is 3.08. The van der Waals surface area contributed by atoms with Crippen LogP contribution in [0.3, 0.4) is 0 Å². The van der Waals surface area contributed by atoms with Crippen molar-refractivity contribution in [1.29, 1.82) is 0 Å². The molecule has 16 heteroatoms. The summed E-state index contributed by atoms with van der Waals surface area (Å²) in [5, 5.41) is 0. The molecule has 306 valence electrons. The standard InChI is InChI=1S/C18H24N2.2C11H6F2N.F6P.Ir/c1-17(2,3)13-7-9-19-15(11-13)16-12-14(8-10-20-16)18(4,5)6;2*12-8-4-5-9(10(13)7-8)11-3-1-2-6-14-11;1-7(2,3,4,5)6;/h7-12H,1-6H3;2*1-4,6-7H;;/q;3*-1;-3/p+4. The average molecular weight is 990 g/mol. The number of pyridine rings is 4. The van der Waals surface area contributed by atoms with E-state index in [9.17, 15) is 42.7 Å². The van der Waals surface area contributed by atoms with Crippen molar-refractivity contribution < 1.29 is 82.8 Å². The third-order valence-electron chi connectivity index (χ3n) is 7.30. The SMILES string of the molecule is CC(C)(C)c1cc[nH+]c(-c2cc(C(C)(C)C)cc[nH+]2)c1.F[P-](F)(F)(F)(F)F.Fc1c[c-]c(-c2cccc[nH+]2)c(F)c1.Fc1c[c-]c(-c2cccc[nH+]2)c(F)c1.[Ir-3]. The number of halogens is 10. The van der Waals surface area contributed by atoms with E-state index in [1.54, 1.807) is 48.8 Å². The van der Waals surface area contributed by atoms with Crippen LogP contribution < -0.4 is 19.9 Å². The van der Waals surface area contributed by atoms with Crippen LogP contribution in [0, 0.1) is 35.4 Å². The third kappa shape index (κ3) is 17.5. The molecule has 0 bridgehead atoms. The molecule has 0 spiro atoms. The topological polar surface area (TPSA) is 56.6 Å². The predicted molar refractivity (Wildman–Crippen MR) is 190 cm³/mol. The van der Waals surface area contributed by atoms with Gasteiger partial charge in [0.05, 0.1) is 0 Å². The Hall–Kier alpha value is -4.58. The molecule has 4 heterocycles. The van der Waals surface area contributed by atoms with Gasteiger partial charge in [0.25, 0.3) is 11.4 Å². The maximum atomic E-state index is 13.2. The van der Waals surface area contributed by atoms with E-state index in [2.05, 4.69) is 97.9 Å². The molecule has 0 amide bonds. The Morgan fingerprint density at radius 2 is 0.786 bits per heavy atom. The van der Waals surface area contributed by atoms with E-state index in [0.717, 1.165) is 35.7 Å². The van der Waals surface area contributed by atoms with E-state index in [0.29, 0.717) is 11.4 Å². The summed E-state index contributed by atoms with van der Waals surface area (Å²) >= 11 is 0. The van der Waals surface area contributed by atoms with Gasteiger partial charge in [0.2, 0.25) is 0 Å². The molecule has 0 saturated carbocycles. The first-order valence-electron chi connectivity index (χ1n) is 16.5. The fourth-order valence-corrected chi connectivity index (χ4v) is 4.58. The van der Waals surface area contributed by atoms with Gasteiger partial charge >= 0.3 is 33.0 Å². The van der Waals surface area contributed by atoms with Crippen LogP contribution in [0.1, 0.15) is 52.7 Å². The van der Waals surface area contributed by atoms with Gasteiger partial charge in [-0.2, -0.15) is 0 Å². The normalized spacial score (nSPS) is 12.4. The van der Waals surface area contributed by atoms with Crippen LogP contribution in [-0.4, -0.2) is 0 Å². The second-order valence-corrected chi connectivity index (χ2v) is 16.0. The predicted octanol–water partition coefficient (Wildman–Crippen LogP) is 11.4. The van der Waals surface area contributed by atoms with Gasteiger partial charge < -0.3 is 20.1 Å². The number of rotatable bonds is 3. The zero-order valence-electron chi connectivity index (χ0n) is 31.0. The zero-order valence-corrected chi connectivity index (χ0v) is 34.2. The molecule has 0 aliphatic carbocycles. The minimum Gasteiger partial charge on any atom is -3.00 e. The van der Waals surface area contributed by atoms with Crippen molar-refractivity contribution in [3.05, 3.63) is 156 Å². The molecule has 6 aromatic rings. The fourth-order valence-electron chi connectivity index (χ4n) is 4.58. The van der Waals surface area contributed by atoms with Crippen molar-refractivity contribution in [3.63, 3.8) is 0 Å². The first kappa shape index (κ1) is 47.6. The van der Waals surface area contributed by atoms with E-state index in [4.69, 9.17) is 0 Å². The van der Waals surface area contributed by atoms with Crippen LogP contribution in [-0.2, 0) is 30.9 Å². The summed E-state index contributed by atoms with van der Waals surface area (Å²) in [6, 6.07) is 28.2. The number of nitrogens with one attached hydrogen (secondary N) is 4. The van der Waals surface area contributed by atoms with Crippen LogP contribution in [0.25, 0.3) is 33.9 Å². The smallest absolute Gasteiger partial charge is 0.158 e. The van der Waals surface area contributed by atoms with Gasteiger partial charge in [-0.15, -0.1) is 24.3 Å². The maximum Gasteiger partial charge on any atom is 0.158 e. The van der Waals surface area contributed by atoms with E-state index in [1.807, 2.05) is 12.4 Å². The monoisotopic (exact) mass is 990 g/mol. The summed E-state index contributed by atoms with van der Waals surface area (Å²) in [5.74, 6) is -2.48. The number of hydrogen-bond acceptors (Lipinski definition) is 0. The molecular formula is C40H40F10IrN4P-2. The molecule has 0 saturated heterocycles. The fraction of sp³-hybridized carbons (Fsp3) is 0.200. The molecule has 0 unspecified atom stereocenters. The first-order chi connectivity index (χ1) is 25.2. The maximum absolute atomic E-state index is 13.2. The van der Waals surface area contributed by atoms with Crippen molar-refractivity contribution in [3.8, 4) is 33.9 Å². The Morgan fingerprint density at radius 1 is 0.464 bits per heavy atom. The van der Waals surface area contributed by atoms with Crippen molar-refractivity contribution in [2.45, 2.75) is 52.4 Å². The van der Waals surface area contributed by atoms with Gasteiger partial charge in [0.1, 0.15) is 11.4 Å².